The summed E-state index contributed by atoms with van der Waals surface area (Å²) in [7, 11) is 1.55. The van der Waals surface area contributed by atoms with Crippen molar-refractivity contribution >= 4 is 33.2 Å². The van der Waals surface area contributed by atoms with Crippen LogP contribution in [0.25, 0.3) is 0 Å². The van der Waals surface area contributed by atoms with E-state index in [4.69, 9.17) is 10.5 Å². The molecule has 0 spiro atoms. The third-order valence-corrected chi connectivity index (χ3v) is 3.30. The second kappa shape index (κ2) is 7.12. The van der Waals surface area contributed by atoms with Gasteiger partial charge in [-0.2, -0.15) is 5.10 Å². The lowest BCUT2D eigenvalue weighted by Crippen LogP contribution is -2.13. The van der Waals surface area contributed by atoms with E-state index < -0.39 is 0 Å². The second-order valence-corrected chi connectivity index (χ2v) is 5.45. The van der Waals surface area contributed by atoms with Gasteiger partial charge in [0.25, 0.3) is 0 Å². The summed E-state index contributed by atoms with van der Waals surface area (Å²) in [5, 5.41) is 6.95. The largest absolute Gasteiger partial charge is 0.495 e. The van der Waals surface area contributed by atoms with E-state index >= 15 is 0 Å². The number of nitrogen functional groups attached to an aromatic ring is 1. The van der Waals surface area contributed by atoms with Crippen LogP contribution in [0.2, 0.25) is 0 Å². The SMILES string of the molecule is COc1ccc(N)cc1NC(=O)CCCn1cc(Br)cn1. The first-order valence-electron chi connectivity index (χ1n) is 6.50. The van der Waals surface area contributed by atoms with Crippen molar-refractivity contribution in [1.82, 2.24) is 9.78 Å². The maximum Gasteiger partial charge on any atom is 0.224 e. The number of carbonyl (C=O) groups is 1. The number of carbonyl (C=O) groups excluding carboxylic acids is 1. The summed E-state index contributed by atoms with van der Waals surface area (Å²) in [4.78, 5) is 11.9. The lowest BCUT2D eigenvalue weighted by molar-refractivity contribution is -0.116. The van der Waals surface area contributed by atoms with Crippen molar-refractivity contribution in [1.29, 1.82) is 0 Å². The highest BCUT2D eigenvalue weighted by molar-refractivity contribution is 9.10. The minimum Gasteiger partial charge on any atom is -0.495 e. The van der Waals surface area contributed by atoms with Crippen molar-refractivity contribution in [3.05, 3.63) is 35.1 Å². The number of amides is 1. The molecule has 1 aromatic carbocycles. The number of aryl methyl sites for hydroxylation is 1. The van der Waals surface area contributed by atoms with Crippen LogP contribution in [0, 0.1) is 0 Å². The van der Waals surface area contributed by atoms with Crippen LogP contribution in [-0.4, -0.2) is 22.8 Å². The van der Waals surface area contributed by atoms with Gasteiger partial charge in [-0.05, 0) is 40.5 Å². The summed E-state index contributed by atoms with van der Waals surface area (Å²) in [6, 6.07) is 5.14. The van der Waals surface area contributed by atoms with Crippen LogP contribution >= 0.6 is 15.9 Å². The summed E-state index contributed by atoms with van der Waals surface area (Å²) in [5.74, 6) is 0.513. The number of benzene rings is 1. The number of ether oxygens (including phenoxy) is 1. The Labute approximate surface area is 131 Å². The van der Waals surface area contributed by atoms with E-state index in [0.717, 1.165) is 4.47 Å². The van der Waals surface area contributed by atoms with E-state index in [1.54, 1.807) is 36.2 Å². The van der Waals surface area contributed by atoms with Crippen molar-refractivity contribution in [2.45, 2.75) is 19.4 Å². The van der Waals surface area contributed by atoms with Crippen LogP contribution in [-0.2, 0) is 11.3 Å². The van der Waals surface area contributed by atoms with E-state index in [1.807, 2.05) is 6.20 Å². The molecule has 6 nitrogen and oxygen atoms in total. The van der Waals surface area contributed by atoms with Crippen LogP contribution in [0.4, 0.5) is 11.4 Å². The van der Waals surface area contributed by atoms with Gasteiger partial charge >= 0.3 is 0 Å². The molecule has 3 N–H and O–H groups in total. The third-order valence-electron chi connectivity index (χ3n) is 2.89. The van der Waals surface area contributed by atoms with Gasteiger partial charge in [-0.25, -0.2) is 0 Å². The number of methoxy groups -OCH3 is 1. The first-order valence-corrected chi connectivity index (χ1v) is 7.29. The lowest BCUT2D eigenvalue weighted by Gasteiger charge is -2.10. The number of hydrogen-bond donors (Lipinski definition) is 2. The van der Waals surface area contributed by atoms with Gasteiger partial charge in [-0.3, -0.25) is 9.48 Å². The molecule has 0 aliphatic rings. The molecule has 0 fully saturated rings. The number of nitrogens with zero attached hydrogens (tertiary/aromatic N) is 2. The number of rotatable bonds is 6. The van der Waals surface area contributed by atoms with E-state index in [-0.39, 0.29) is 5.91 Å². The Hall–Kier alpha value is -2.02. The predicted molar refractivity (Wildman–Crippen MR) is 85.2 cm³/mol. The van der Waals surface area contributed by atoms with Gasteiger partial charge in [0.1, 0.15) is 5.75 Å². The smallest absolute Gasteiger partial charge is 0.224 e. The lowest BCUT2D eigenvalue weighted by atomic mass is 10.2. The van der Waals surface area contributed by atoms with Gasteiger partial charge in [-0.15, -0.1) is 0 Å². The van der Waals surface area contributed by atoms with Crippen molar-refractivity contribution in [3.8, 4) is 5.75 Å². The van der Waals surface area contributed by atoms with E-state index in [0.29, 0.717) is 36.5 Å². The fourth-order valence-electron chi connectivity index (χ4n) is 1.90. The zero-order valence-electron chi connectivity index (χ0n) is 11.7. The minimum absolute atomic E-state index is 0.0786. The third kappa shape index (κ3) is 4.49. The zero-order valence-corrected chi connectivity index (χ0v) is 13.3. The van der Waals surface area contributed by atoms with Gasteiger partial charge in [0, 0.05) is 24.8 Å². The van der Waals surface area contributed by atoms with Crippen LogP contribution in [0.5, 0.6) is 5.75 Å². The Balaban J connectivity index is 1.85. The van der Waals surface area contributed by atoms with Gasteiger partial charge in [-0.1, -0.05) is 0 Å². The van der Waals surface area contributed by atoms with Crippen molar-refractivity contribution in [2.75, 3.05) is 18.2 Å². The standard InChI is InChI=1S/C14H17BrN4O2/c1-21-13-5-4-11(16)7-12(13)18-14(20)3-2-6-19-9-10(15)8-17-19/h4-5,7-9H,2-3,6,16H2,1H3,(H,18,20). The van der Waals surface area contributed by atoms with Crippen LogP contribution < -0.4 is 15.8 Å². The summed E-state index contributed by atoms with van der Waals surface area (Å²) >= 11 is 3.33. The summed E-state index contributed by atoms with van der Waals surface area (Å²) in [6.07, 6.45) is 4.69. The van der Waals surface area contributed by atoms with E-state index in [9.17, 15) is 4.79 Å². The molecule has 0 bridgehead atoms. The highest BCUT2D eigenvalue weighted by Crippen LogP contribution is 2.26. The number of nitrogens with one attached hydrogen (secondary N) is 1. The molecule has 1 heterocycles. The van der Waals surface area contributed by atoms with Crippen molar-refractivity contribution < 1.29 is 9.53 Å². The maximum atomic E-state index is 11.9. The van der Waals surface area contributed by atoms with Gasteiger partial charge in [0.2, 0.25) is 5.91 Å². The molecule has 0 saturated heterocycles. The number of nitrogens with two attached hydrogens (primary N) is 1. The molecule has 21 heavy (non-hydrogen) atoms. The monoisotopic (exact) mass is 352 g/mol. The highest BCUT2D eigenvalue weighted by atomic mass is 79.9. The normalized spacial score (nSPS) is 10.4. The number of hydrogen-bond acceptors (Lipinski definition) is 4. The van der Waals surface area contributed by atoms with Gasteiger partial charge in [0.15, 0.2) is 0 Å². The molecule has 7 heteroatoms. The molecule has 0 unspecified atom stereocenters. The van der Waals surface area contributed by atoms with Crippen LogP contribution in [0.3, 0.4) is 0 Å². The van der Waals surface area contributed by atoms with Crippen LogP contribution in [0.1, 0.15) is 12.8 Å². The highest BCUT2D eigenvalue weighted by Gasteiger charge is 2.08. The Morgan fingerprint density at radius 3 is 3.00 bits per heavy atom. The summed E-state index contributed by atoms with van der Waals surface area (Å²) in [6.45, 7) is 0.688. The summed E-state index contributed by atoms with van der Waals surface area (Å²) < 4.78 is 7.91. The molecule has 2 rings (SSSR count). The Morgan fingerprint density at radius 1 is 1.52 bits per heavy atom. The fraction of sp³-hybridized carbons (Fsp3) is 0.286. The first kappa shape index (κ1) is 15.4. The topological polar surface area (TPSA) is 82.2 Å². The molecule has 1 aromatic heterocycles. The molecule has 112 valence electrons. The van der Waals surface area contributed by atoms with Crippen molar-refractivity contribution in [2.24, 2.45) is 0 Å². The number of aromatic nitrogens is 2. The Bertz CT molecular complexity index is 627. The molecule has 0 aliphatic heterocycles. The average Bonchev–Trinajstić information content (AvgIpc) is 2.85. The van der Waals surface area contributed by atoms with E-state index in [2.05, 4.69) is 26.3 Å². The van der Waals surface area contributed by atoms with E-state index in [1.165, 1.54) is 0 Å². The number of anilines is 2. The summed E-state index contributed by atoms with van der Waals surface area (Å²) in [5.41, 5.74) is 6.88. The Kier molecular flexibility index (Phi) is 5.21. The van der Waals surface area contributed by atoms with Gasteiger partial charge < -0.3 is 15.8 Å². The quantitative estimate of drug-likeness (QED) is 0.783. The number of halogens is 1. The molecular formula is C14H17BrN4O2. The first-order chi connectivity index (χ1) is 10.1. The molecular weight excluding hydrogens is 336 g/mol. The maximum absolute atomic E-state index is 11.9. The zero-order chi connectivity index (χ0) is 15.2. The van der Waals surface area contributed by atoms with Gasteiger partial charge in [0.05, 0.1) is 23.5 Å². The fourth-order valence-corrected chi connectivity index (χ4v) is 2.23. The molecule has 1 amide bonds. The predicted octanol–water partition coefficient (Wildman–Crippen LogP) is 2.66. The molecule has 0 atom stereocenters. The molecule has 2 aromatic rings. The Morgan fingerprint density at radius 2 is 2.33 bits per heavy atom. The minimum atomic E-state index is -0.0786. The molecule has 0 aliphatic carbocycles. The van der Waals surface area contributed by atoms with Crippen LogP contribution in [0.15, 0.2) is 35.1 Å². The molecule has 0 saturated carbocycles. The average molecular weight is 353 g/mol. The second-order valence-electron chi connectivity index (χ2n) is 4.53. The molecule has 0 radical (unpaired) electrons. The van der Waals surface area contributed by atoms with Crippen molar-refractivity contribution in [3.63, 3.8) is 0 Å².